The lowest BCUT2D eigenvalue weighted by Crippen LogP contribution is -2.45. The van der Waals surface area contributed by atoms with E-state index in [1.165, 1.54) is 6.92 Å². The quantitative estimate of drug-likeness (QED) is 0.627. The van der Waals surface area contributed by atoms with Gasteiger partial charge in [0.25, 0.3) is 0 Å². The summed E-state index contributed by atoms with van der Waals surface area (Å²) in [5.41, 5.74) is -2.89. The monoisotopic (exact) mass is 274 g/mol. The van der Waals surface area contributed by atoms with E-state index in [1.54, 1.807) is 41.5 Å². The van der Waals surface area contributed by atoms with Crippen molar-refractivity contribution in [1.29, 1.82) is 0 Å². The number of hydrogen-bond acceptors (Lipinski definition) is 5. The molecule has 19 heavy (non-hydrogen) atoms. The third-order valence-electron chi connectivity index (χ3n) is 2.31. The minimum atomic E-state index is -1.49. The van der Waals surface area contributed by atoms with Crippen LogP contribution in [0.25, 0.3) is 0 Å². The van der Waals surface area contributed by atoms with E-state index in [4.69, 9.17) is 14.6 Å². The average molecular weight is 274 g/mol. The Labute approximate surface area is 115 Å². The zero-order valence-corrected chi connectivity index (χ0v) is 13.0. The standard InChI is InChI=1S/C14H26O5/c1-12(2,3)18-10(16)14(7,8-9-15)11(17)19-13(4,5)6/h15H,8-9H2,1-7H3. The zero-order valence-electron chi connectivity index (χ0n) is 13.0. The van der Waals surface area contributed by atoms with Crippen LogP contribution in [0.2, 0.25) is 0 Å². The number of aliphatic hydroxyl groups is 1. The number of carbonyl (C=O) groups excluding carboxylic acids is 2. The van der Waals surface area contributed by atoms with E-state index in [9.17, 15) is 9.59 Å². The number of hydrogen-bond donors (Lipinski definition) is 1. The highest BCUT2D eigenvalue weighted by Gasteiger charge is 2.46. The summed E-state index contributed by atoms with van der Waals surface area (Å²) in [4.78, 5) is 24.3. The van der Waals surface area contributed by atoms with Gasteiger partial charge in [0.15, 0.2) is 5.41 Å². The first kappa shape index (κ1) is 17.9. The van der Waals surface area contributed by atoms with Gasteiger partial charge in [0.1, 0.15) is 11.2 Å². The van der Waals surface area contributed by atoms with E-state index in [1.807, 2.05) is 0 Å². The molecule has 0 aliphatic rings. The van der Waals surface area contributed by atoms with Crippen molar-refractivity contribution < 1.29 is 24.2 Å². The Balaban J connectivity index is 5.14. The van der Waals surface area contributed by atoms with E-state index in [-0.39, 0.29) is 13.0 Å². The SMILES string of the molecule is CC(C)(C)OC(=O)C(C)(CCO)C(=O)OC(C)(C)C. The van der Waals surface area contributed by atoms with Crippen LogP contribution in [0, 0.1) is 5.41 Å². The molecule has 0 saturated heterocycles. The molecule has 0 aromatic rings. The summed E-state index contributed by atoms with van der Waals surface area (Å²) in [6, 6.07) is 0. The molecule has 0 spiro atoms. The number of aliphatic hydroxyl groups excluding tert-OH is 1. The molecule has 0 aromatic heterocycles. The lowest BCUT2D eigenvalue weighted by Gasteiger charge is -2.32. The van der Waals surface area contributed by atoms with E-state index < -0.39 is 28.6 Å². The molecule has 0 saturated carbocycles. The first-order valence-corrected chi connectivity index (χ1v) is 6.39. The molecule has 1 N–H and O–H groups in total. The molecule has 0 fully saturated rings. The zero-order chi connectivity index (χ0) is 15.5. The Hall–Kier alpha value is -1.10. The fourth-order valence-corrected chi connectivity index (χ4v) is 1.29. The van der Waals surface area contributed by atoms with Crippen LogP contribution in [0.15, 0.2) is 0 Å². The van der Waals surface area contributed by atoms with Gasteiger partial charge in [-0.2, -0.15) is 0 Å². The van der Waals surface area contributed by atoms with Gasteiger partial charge in [-0.15, -0.1) is 0 Å². The van der Waals surface area contributed by atoms with Crippen molar-refractivity contribution in [3.63, 3.8) is 0 Å². The second-order valence-electron chi connectivity index (χ2n) is 6.81. The molecule has 0 radical (unpaired) electrons. The van der Waals surface area contributed by atoms with Crippen LogP contribution < -0.4 is 0 Å². The summed E-state index contributed by atoms with van der Waals surface area (Å²) in [7, 11) is 0. The predicted molar refractivity (Wildman–Crippen MR) is 71.5 cm³/mol. The smallest absolute Gasteiger partial charge is 0.323 e. The van der Waals surface area contributed by atoms with E-state index in [2.05, 4.69) is 0 Å². The molecule has 0 atom stereocenters. The highest BCUT2D eigenvalue weighted by Crippen LogP contribution is 2.29. The van der Waals surface area contributed by atoms with Crippen LogP contribution in [0.3, 0.4) is 0 Å². The average Bonchev–Trinajstić information content (AvgIpc) is 2.12. The van der Waals surface area contributed by atoms with Crippen molar-refractivity contribution >= 4 is 11.9 Å². The summed E-state index contributed by atoms with van der Waals surface area (Å²) < 4.78 is 10.5. The summed E-state index contributed by atoms with van der Waals surface area (Å²) in [6.07, 6.45) is -0.0309. The molecule has 5 heteroatoms. The molecule has 0 unspecified atom stereocenters. The lowest BCUT2D eigenvalue weighted by molar-refractivity contribution is -0.185. The van der Waals surface area contributed by atoms with Crippen molar-refractivity contribution in [3.8, 4) is 0 Å². The van der Waals surface area contributed by atoms with Crippen LogP contribution in [0.1, 0.15) is 54.9 Å². The molecule has 5 nitrogen and oxygen atoms in total. The van der Waals surface area contributed by atoms with Gasteiger partial charge in [0.2, 0.25) is 0 Å². The molecule has 0 aliphatic heterocycles. The van der Waals surface area contributed by atoms with E-state index in [0.717, 1.165) is 0 Å². The van der Waals surface area contributed by atoms with Crippen LogP contribution in [0.5, 0.6) is 0 Å². The number of carbonyl (C=O) groups is 2. The molecule has 0 rings (SSSR count). The maximum Gasteiger partial charge on any atom is 0.323 e. The Morgan fingerprint density at radius 3 is 1.37 bits per heavy atom. The normalized spacial score (nSPS) is 13.1. The van der Waals surface area contributed by atoms with Gasteiger partial charge in [0, 0.05) is 6.61 Å². The minimum absolute atomic E-state index is 0.0309. The summed E-state index contributed by atoms with van der Waals surface area (Å²) in [6.45, 7) is 11.5. The van der Waals surface area contributed by atoms with Gasteiger partial charge in [0.05, 0.1) is 0 Å². The summed E-state index contributed by atoms with van der Waals surface area (Å²) in [5, 5.41) is 9.08. The molecule has 0 aliphatic carbocycles. The fraction of sp³-hybridized carbons (Fsp3) is 0.857. The highest BCUT2D eigenvalue weighted by molar-refractivity contribution is 5.99. The fourth-order valence-electron chi connectivity index (χ4n) is 1.29. The molecule has 0 bridgehead atoms. The van der Waals surface area contributed by atoms with Gasteiger partial charge in [-0.05, 0) is 54.9 Å². The van der Waals surface area contributed by atoms with Crippen LogP contribution >= 0.6 is 0 Å². The first-order chi connectivity index (χ1) is 8.32. The largest absolute Gasteiger partial charge is 0.459 e. The predicted octanol–water partition coefficient (Wildman–Crippen LogP) is 2.06. The third kappa shape index (κ3) is 6.05. The van der Waals surface area contributed by atoms with Crippen molar-refractivity contribution in [2.45, 2.75) is 66.1 Å². The molecule has 0 heterocycles. The minimum Gasteiger partial charge on any atom is -0.459 e. The van der Waals surface area contributed by atoms with Gasteiger partial charge in [-0.1, -0.05) is 0 Å². The van der Waals surface area contributed by atoms with Crippen LogP contribution in [-0.4, -0.2) is 34.9 Å². The van der Waals surface area contributed by atoms with Gasteiger partial charge in [-0.25, -0.2) is 0 Å². The van der Waals surface area contributed by atoms with E-state index >= 15 is 0 Å². The highest BCUT2D eigenvalue weighted by atomic mass is 16.6. The Bertz CT molecular complexity index is 305. The second kappa shape index (κ2) is 5.90. The topological polar surface area (TPSA) is 72.8 Å². The van der Waals surface area contributed by atoms with Gasteiger partial charge >= 0.3 is 11.9 Å². The van der Waals surface area contributed by atoms with Gasteiger partial charge in [-0.3, -0.25) is 9.59 Å². The summed E-state index contributed by atoms with van der Waals surface area (Å²) in [5.74, 6) is -1.35. The van der Waals surface area contributed by atoms with Gasteiger partial charge < -0.3 is 14.6 Å². The third-order valence-corrected chi connectivity index (χ3v) is 2.31. The Morgan fingerprint density at radius 2 is 1.16 bits per heavy atom. The number of ether oxygens (including phenoxy) is 2. The first-order valence-electron chi connectivity index (χ1n) is 6.39. The molecular formula is C14H26O5. The molecular weight excluding hydrogens is 248 g/mol. The molecule has 0 aromatic carbocycles. The maximum atomic E-state index is 12.2. The van der Waals surface area contributed by atoms with Crippen molar-refractivity contribution in [1.82, 2.24) is 0 Å². The maximum absolute atomic E-state index is 12.2. The Kier molecular flexibility index (Phi) is 5.56. The number of rotatable bonds is 4. The van der Waals surface area contributed by atoms with Crippen molar-refractivity contribution in [2.75, 3.05) is 6.61 Å². The van der Waals surface area contributed by atoms with Crippen LogP contribution in [-0.2, 0) is 19.1 Å². The van der Waals surface area contributed by atoms with Crippen LogP contribution in [0.4, 0.5) is 0 Å². The van der Waals surface area contributed by atoms with E-state index in [0.29, 0.717) is 0 Å². The molecule has 0 amide bonds. The number of esters is 2. The molecule has 112 valence electrons. The second-order valence-corrected chi connectivity index (χ2v) is 6.81. The Morgan fingerprint density at radius 1 is 0.842 bits per heavy atom. The lowest BCUT2D eigenvalue weighted by atomic mass is 9.86. The summed E-state index contributed by atoms with van der Waals surface area (Å²) >= 11 is 0. The van der Waals surface area contributed by atoms with Crippen molar-refractivity contribution in [2.24, 2.45) is 5.41 Å². The van der Waals surface area contributed by atoms with Crippen molar-refractivity contribution in [3.05, 3.63) is 0 Å².